The molecule has 3 rings (SSSR count). The molecule has 0 unspecified atom stereocenters. The molecule has 32 heavy (non-hydrogen) atoms. The van der Waals surface area contributed by atoms with Gasteiger partial charge in [-0.05, 0) is 42.0 Å². The fourth-order valence-corrected chi connectivity index (χ4v) is 2.82. The molecule has 0 heterocycles. The van der Waals surface area contributed by atoms with Gasteiger partial charge in [0.05, 0.1) is 20.4 Å². The van der Waals surface area contributed by atoms with Crippen LogP contribution in [0, 0.1) is 0 Å². The molecule has 0 bridgehead atoms. The second-order valence-electron chi connectivity index (χ2n) is 6.60. The highest BCUT2D eigenvalue weighted by Crippen LogP contribution is 2.22. The van der Waals surface area contributed by atoms with Crippen molar-refractivity contribution < 1.29 is 19.1 Å². The van der Waals surface area contributed by atoms with Gasteiger partial charge in [0.1, 0.15) is 17.2 Å². The van der Waals surface area contributed by atoms with Crippen molar-refractivity contribution >= 4 is 24.1 Å². The summed E-state index contributed by atoms with van der Waals surface area (Å²) in [5.41, 5.74) is 4.31. The number of amides is 2. The number of ether oxygens (including phenoxy) is 2. The van der Waals surface area contributed by atoms with Crippen molar-refractivity contribution in [2.24, 2.45) is 5.10 Å². The lowest BCUT2D eigenvalue weighted by atomic mass is 10.1. The third kappa shape index (κ3) is 6.06. The Balaban J connectivity index is 1.80. The van der Waals surface area contributed by atoms with E-state index in [0.29, 0.717) is 22.6 Å². The maximum atomic E-state index is 12.8. The zero-order valence-electron chi connectivity index (χ0n) is 17.7. The van der Waals surface area contributed by atoms with Gasteiger partial charge in [0.15, 0.2) is 0 Å². The highest BCUT2D eigenvalue weighted by atomic mass is 16.5. The highest BCUT2D eigenvalue weighted by molar-refractivity contribution is 6.05. The van der Waals surface area contributed by atoms with Gasteiger partial charge in [-0.3, -0.25) is 9.59 Å². The molecule has 7 nitrogen and oxygen atoms in total. The Labute approximate surface area is 186 Å². The van der Waals surface area contributed by atoms with Crippen LogP contribution in [-0.4, -0.2) is 32.2 Å². The number of benzene rings is 3. The Morgan fingerprint density at radius 2 is 1.56 bits per heavy atom. The molecular weight excluding hydrogens is 406 g/mol. The number of nitrogens with zero attached hydrogens (tertiary/aromatic N) is 1. The number of hydrogen-bond acceptors (Lipinski definition) is 5. The molecule has 0 aliphatic heterocycles. The van der Waals surface area contributed by atoms with E-state index in [-0.39, 0.29) is 5.70 Å². The van der Waals surface area contributed by atoms with Crippen molar-refractivity contribution in [3.63, 3.8) is 0 Å². The minimum absolute atomic E-state index is 0.0554. The topological polar surface area (TPSA) is 89.0 Å². The van der Waals surface area contributed by atoms with Crippen LogP contribution in [0.2, 0.25) is 0 Å². The Morgan fingerprint density at radius 1 is 0.875 bits per heavy atom. The normalized spacial score (nSPS) is 11.1. The van der Waals surface area contributed by atoms with Gasteiger partial charge in [0.2, 0.25) is 0 Å². The predicted octanol–water partition coefficient (Wildman–Crippen LogP) is 3.63. The SMILES string of the molecule is COc1ccc(OC)c(/C=N/NC(=O)/C(=C/c2ccccc2)NC(=O)c2ccccc2)c1. The Bertz CT molecular complexity index is 1130. The van der Waals surface area contributed by atoms with Gasteiger partial charge in [0.25, 0.3) is 11.8 Å². The first-order valence-corrected chi connectivity index (χ1v) is 9.79. The average Bonchev–Trinajstić information content (AvgIpc) is 2.84. The molecule has 0 atom stereocenters. The van der Waals surface area contributed by atoms with Crippen molar-refractivity contribution in [3.05, 3.63) is 101 Å². The summed E-state index contributed by atoms with van der Waals surface area (Å²) in [5, 5.41) is 6.68. The third-order valence-corrected chi connectivity index (χ3v) is 4.45. The molecule has 2 N–H and O–H groups in total. The molecule has 0 saturated carbocycles. The van der Waals surface area contributed by atoms with E-state index in [4.69, 9.17) is 9.47 Å². The summed E-state index contributed by atoms with van der Waals surface area (Å²) in [6.07, 6.45) is 3.02. The maximum Gasteiger partial charge on any atom is 0.287 e. The summed E-state index contributed by atoms with van der Waals surface area (Å²) in [4.78, 5) is 25.4. The number of carbonyl (C=O) groups is 2. The van der Waals surface area contributed by atoms with E-state index >= 15 is 0 Å². The molecule has 0 aromatic heterocycles. The first-order valence-electron chi connectivity index (χ1n) is 9.79. The minimum atomic E-state index is -0.573. The molecule has 0 spiro atoms. The van der Waals surface area contributed by atoms with Gasteiger partial charge in [-0.25, -0.2) is 5.43 Å². The van der Waals surface area contributed by atoms with E-state index in [9.17, 15) is 9.59 Å². The summed E-state index contributed by atoms with van der Waals surface area (Å²) in [6.45, 7) is 0. The molecule has 0 radical (unpaired) electrons. The number of hydrazone groups is 1. The number of rotatable bonds is 8. The van der Waals surface area contributed by atoms with E-state index in [1.807, 2.05) is 36.4 Å². The van der Waals surface area contributed by atoms with Crippen LogP contribution < -0.4 is 20.2 Å². The van der Waals surface area contributed by atoms with Crippen LogP contribution in [0.5, 0.6) is 11.5 Å². The molecular formula is C25H23N3O4. The molecule has 0 aliphatic rings. The molecule has 7 heteroatoms. The van der Waals surface area contributed by atoms with Crippen molar-refractivity contribution in [2.45, 2.75) is 0 Å². The Kier molecular flexibility index (Phi) is 7.75. The summed E-state index contributed by atoms with van der Waals surface area (Å²) < 4.78 is 10.5. The second kappa shape index (κ2) is 11.1. The fraction of sp³-hybridized carbons (Fsp3) is 0.0800. The number of carbonyl (C=O) groups excluding carboxylic acids is 2. The van der Waals surface area contributed by atoms with Gasteiger partial charge in [-0.1, -0.05) is 48.5 Å². The van der Waals surface area contributed by atoms with Crippen LogP contribution in [-0.2, 0) is 4.79 Å². The van der Waals surface area contributed by atoms with Crippen LogP contribution in [0.4, 0.5) is 0 Å². The summed E-state index contributed by atoms with van der Waals surface area (Å²) >= 11 is 0. The van der Waals surface area contributed by atoms with Gasteiger partial charge in [-0.15, -0.1) is 0 Å². The molecule has 162 valence electrons. The van der Waals surface area contributed by atoms with E-state index in [1.54, 1.807) is 55.7 Å². The highest BCUT2D eigenvalue weighted by Gasteiger charge is 2.14. The zero-order chi connectivity index (χ0) is 22.8. The lowest BCUT2D eigenvalue weighted by Crippen LogP contribution is -2.32. The van der Waals surface area contributed by atoms with Gasteiger partial charge < -0.3 is 14.8 Å². The minimum Gasteiger partial charge on any atom is -0.497 e. The fourth-order valence-electron chi connectivity index (χ4n) is 2.82. The molecule has 0 aliphatic carbocycles. The number of methoxy groups -OCH3 is 2. The summed E-state index contributed by atoms with van der Waals surface area (Å²) in [5.74, 6) is 0.220. The maximum absolute atomic E-state index is 12.8. The summed E-state index contributed by atoms with van der Waals surface area (Å²) in [6, 6.07) is 23.1. The van der Waals surface area contributed by atoms with Crippen molar-refractivity contribution in [1.82, 2.24) is 10.7 Å². The smallest absolute Gasteiger partial charge is 0.287 e. The second-order valence-corrected chi connectivity index (χ2v) is 6.60. The summed E-state index contributed by atoms with van der Waals surface area (Å²) in [7, 11) is 3.10. The monoisotopic (exact) mass is 429 g/mol. The van der Waals surface area contributed by atoms with Crippen molar-refractivity contribution in [1.29, 1.82) is 0 Å². The van der Waals surface area contributed by atoms with Crippen LogP contribution in [0.15, 0.2) is 89.7 Å². The van der Waals surface area contributed by atoms with Crippen molar-refractivity contribution in [3.8, 4) is 11.5 Å². The average molecular weight is 429 g/mol. The first-order chi connectivity index (χ1) is 15.6. The van der Waals surface area contributed by atoms with Gasteiger partial charge in [-0.2, -0.15) is 5.10 Å². The van der Waals surface area contributed by atoms with Gasteiger partial charge >= 0.3 is 0 Å². The van der Waals surface area contributed by atoms with Crippen molar-refractivity contribution in [2.75, 3.05) is 14.2 Å². The lowest BCUT2D eigenvalue weighted by Gasteiger charge is -2.10. The molecule has 0 fully saturated rings. The predicted molar refractivity (Wildman–Crippen MR) is 124 cm³/mol. The van der Waals surface area contributed by atoms with Gasteiger partial charge in [0, 0.05) is 11.1 Å². The Morgan fingerprint density at radius 3 is 2.22 bits per heavy atom. The van der Waals surface area contributed by atoms with E-state index < -0.39 is 11.8 Å². The van der Waals surface area contributed by atoms with Crippen LogP contribution in [0.3, 0.4) is 0 Å². The largest absolute Gasteiger partial charge is 0.497 e. The third-order valence-electron chi connectivity index (χ3n) is 4.45. The van der Waals surface area contributed by atoms with E-state index in [1.165, 1.54) is 13.3 Å². The number of hydrogen-bond donors (Lipinski definition) is 2. The first kappa shape index (κ1) is 22.3. The molecule has 2 amide bonds. The van der Waals surface area contributed by atoms with Crippen LogP contribution in [0.25, 0.3) is 6.08 Å². The number of nitrogens with one attached hydrogen (secondary N) is 2. The van der Waals surface area contributed by atoms with Crippen LogP contribution in [0.1, 0.15) is 21.5 Å². The zero-order valence-corrected chi connectivity index (χ0v) is 17.7. The van der Waals surface area contributed by atoms with E-state index in [0.717, 1.165) is 5.56 Å². The lowest BCUT2D eigenvalue weighted by molar-refractivity contribution is -0.117. The standard InChI is InChI=1S/C25H23N3O4/c1-31-21-13-14-23(32-2)20(16-21)17-26-28-25(30)22(15-18-9-5-3-6-10-18)27-24(29)19-11-7-4-8-12-19/h3-17H,1-2H3,(H,27,29)(H,28,30)/b22-15-,26-17+. The van der Waals surface area contributed by atoms with Crippen LogP contribution >= 0.6 is 0 Å². The van der Waals surface area contributed by atoms with E-state index in [2.05, 4.69) is 15.8 Å². The molecule has 0 saturated heterocycles. The Hall–Kier alpha value is -4.39. The molecule has 3 aromatic rings. The quantitative estimate of drug-likeness (QED) is 0.325. The molecule has 3 aromatic carbocycles.